The zero-order chi connectivity index (χ0) is 18.8. The summed E-state index contributed by atoms with van der Waals surface area (Å²) < 4.78 is 0. The predicted octanol–water partition coefficient (Wildman–Crippen LogP) is 1.78. The number of carbonyl (C=O) groups is 2. The average Bonchev–Trinajstić information content (AvgIpc) is 3.14. The molecule has 0 radical (unpaired) electrons. The van der Waals surface area contributed by atoms with Crippen LogP contribution in [0.25, 0.3) is 0 Å². The van der Waals surface area contributed by atoms with Gasteiger partial charge in [-0.1, -0.05) is 36.8 Å². The van der Waals surface area contributed by atoms with Crippen LogP contribution in [-0.2, 0) is 16.0 Å². The highest BCUT2D eigenvalue weighted by Crippen LogP contribution is 2.19. The molecule has 0 bridgehead atoms. The van der Waals surface area contributed by atoms with E-state index in [-0.39, 0.29) is 11.9 Å². The van der Waals surface area contributed by atoms with Gasteiger partial charge < -0.3 is 21.1 Å². The number of nitrogens with one attached hydrogen (secondary N) is 1. The number of aliphatic carboxylic acids is 1. The minimum absolute atomic E-state index is 0.0772. The van der Waals surface area contributed by atoms with Crippen molar-refractivity contribution in [3.8, 4) is 0 Å². The van der Waals surface area contributed by atoms with E-state index in [1.165, 1.54) is 5.56 Å². The number of aryl methyl sites for hydroxylation is 1. The lowest BCUT2D eigenvalue weighted by atomic mass is 10.1. The summed E-state index contributed by atoms with van der Waals surface area (Å²) in [6, 6.07) is 9.27. The van der Waals surface area contributed by atoms with Crippen LogP contribution in [0.2, 0.25) is 0 Å². The summed E-state index contributed by atoms with van der Waals surface area (Å²) in [4.78, 5) is 25.8. The molecule has 0 unspecified atom stereocenters. The summed E-state index contributed by atoms with van der Waals surface area (Å²) >= 11 is 0. The van der Waals surface area contributed by atoms with Crippen LogP contribution < -0.4 is 11.1 Å². The van der Waals surface area contributed by atoms with Crippen LogP contribution in [0.1, 0.15) is 44.1 Å². The minimum Gasteiger partial charge on any atom is -0.480 e. The predicted molar refractivity (Wildman–Crippen MR) is 102 cm³/mol. The van der Waals surface area contributed by atoms with Crippen molar-refractivity contribution in [1.29, 1.82) is 0 Å². The summed E-state index contributed by atoms with van der Waals surface area (Å²) in [7, 11) is 0. The van der Waals surface area contributed by atoms with Crippen LogP contribution in [0.3, 0.4) is 0 Å². The number of carboxylic acid groups (broad SMARTS) is 1. The molecule has 1 fully saturated rings. The van der Waals surface area contributed by atoms with Gasteiger partial charge in [-0.15, -0.1) is 0 Å². The first-order chi connectivity index (χ1) is 12.6. The van der Waals surface area contributed by atoms with Crippen LogP contribution in [-0.4, -0.2) is 53.6 Å². The number of carbonyl (C=O) groups excluding carboxylic acids is 1. The molecule has 26 heavy (non-hydrogen) atoms. The number of carboxylic acids is 1. The summed E-state index contributed by atoms with van der Waals surface area (Å²) in [5.74, 6) is -0.979. The maximum absolute atomic E-state index is 12.9. The standard InChI is InChI=1S/C20H31N3O3/c21-13-5-4-11-17(19(24)23-15-7-12-18(23)20(25)26)22-14-6-10-16-8-2-1-3-9-16/h1-3,8-9,17-18,22H,4-7,10-15,21H2,(H,25,26)/t17-,18+/m0/s1. The SMILES string of the molecule is NCCCC[C@H](NCCCc1ccccc1)C(=O)N1CCC[C@@H]1C(=O)O. The van der Waals surface area contributed by atoms with E-state index in [0.29, 0.717) is 25.9 Å². The van der Waals surface area contributed by atoms with Crippen LogP contribution in [0.4, 0.5) is 0 Å². The van der Waals surface area contributed by atoms with Crippen molar-refractivity contribution in [2.75, 3.05) is 19.6 Å². The first-order valence-corrected chi connectivity index (χ1v) is 9.64. The molecule has 144 valence electrons. The number of likely N-dealkylation sites (tertiary alicyclic amines) is 1. The van der Waals surface area contributed by atoms with E-state index >= 15 is 0 Å². The minimum atomic E-state index is -0.902. The Bertz CT molecular complexity index is 565. The fourth-order valence-electron chi connectivity index (χ4n) is 3.51. The number of rotatable bonds is 11. The Morgan fingerprint density at radius 2 is 2.00 bits per heavy atom. The lowest BCUT2D eigenvalue weighted by Gasteiger charge is -2.27. The Balaban J connectivity index is 1.87. The molecule has 2 atom stereocenters. The van der Waals surface area contributed by atoms with Crippen molar-refractivity contribution >= 4 is 11.9 Å². The van der Waals surface area contributed by atoms with Gasteiger partial charge in [0, 0.05) is 6.54 Å². The molecular weight excluding hydrogens is 330 g/mol. The zero-order valence-electron chi connectivity index (χ0n) is 15.4. The van der Waals surface area contributed by atoms with Crippen molar-refractivity contribution < 1.29 is 14.7 Å². The highest BCUT2D eigenvalue weighted by Gasteiger charge is 2.36. The first kappa shape index (κ1) is 20.4. The highest BCUT2D eigenvalue weighted by molar-refractivity contribution is 5.87. The molecular formula is C20H31N3O3. The Kier molecular flexibility index (Phi) is 8.58. The summed E-state index contributed by atoms with van der Waals surface area (Å²) in [5, 5.41) is 12.7. The zero-order valence-corrected chi connectivity index (χ0v) is 15.4. The van der Waals surface area contributed by atoms with Crippen molar-refractivity contribution in [3.05, 3.63) is 35.9 Å². The Hall–Kier alpha value is -1.92. The molecule has 1 aromatic rings. The number of unbranched alkanes of at least 4 members (excludes halogenated alkanes) is 1. The van der Waals surface area contributed by atoms with E-state index in [2.05, 4.69) is 17.4 Å². The number of hydrogen-bond acceptors (Lipinski definition) is 4. The van der Waals surface area contributed by atoms with Gasteiger partial charge in [-0.25, -0.2) is 4.79 Å². The second-order valence-electron chi connectivity index (χ2n) is 6.91. The number of nitrogens with two attached hydrogens (primary N) is 1. The molecule has 0 spiro atoms. The largest absolute Gasteiger partial charge is 0.480 e. The third-order valence-corrected chi connectivity index (χ3v) is 4.94. The van der Waals surface area contributed by atoms with E-state index in [1.807, 2.05) is 18.2 Å². The first-order valence-electron chi connectivity index (χ1n) is 9.64. The maximum atomic E-state index is 12.9. The lowest BCUT2D eigenvalue weighted by molar-refractivity contribution is -0.149. The van der Waals surface area contributed by atoms with Gasteiger partial charge >= 0.3 is 5.97 Å². The van der Waals surface area contributed by atoms with E-state index < -0.39 is 12.0 Å². The molecule has 2 rings (SSSR count). The number of amides is 1. The monoisotopic (exact) mass is 361 g/mol. The van der Waals surface area contributed by atoms with Gasteiger partial charge in [0.1, 0.15) is 6.04 Å². The molecule has 1 aromatic carbocycles. The van der Waals surface area contributed by atoms with Gasteiger partial charge in [-0.05, 0) is 57.2 Å². The highest BCUT2D eigenvalue weighted by atomic mass is 16.4. The molecule has 1 amide bonds. The van der Waals surface area contributed by atoms with E-state index in [1.54, 1.807) is 4.90 Å². The summed E-state index contributed by atoms with van der Waals surface area (Å²) in [6.45, 7) is 1.88. The molecule has 1 heterocycles. The fourth-order valence-corrected chi connectivity index (χ4v) is 3.51. The number of nitrogens with zero attached hydrogens (tertiary/aromatic N) is 1. The Labute approximate surface area is 155 Å². The van der Waals surface area contributed by atoms with Crippen LogP contribution in [0, 0.1) is 0 Å². The molecule has 0 aliphatic carbocycles. The summed E-state index contributed by atoms with van der Waals surface area (Å²) in [6.07, 6.45) is 5.63. The van der Waals surface area contributed by atoms with Gasteiger partial charge in [0.25, 0.3) is 0 Å². The van der Waals surface area contributed by atoms with Crippen LogP contribution in [0.5, 0.6) is 0 Å². The normalized spacial score (nSPS) is 18.0. The third-order valence-electron chi connectivity index (χ3n) is 4.94. The molecule has 0 saturated carbocycles. The average molecular weight is 361 g/mol. The molecule has 1 aliphatic heterocycles. The van der Waals surface area contributed by atoms with Crippen molar-refractivity contribution in [3.63, 3.8) is 0 Å². The van der Waals surface area contributed by atoms with Crippen LogP contribution in [0.15, 0.2) is 30.3 Å². The van der Waals surface area contributed by atoms with Gasteiger partial charge in [-0.3, -0.25) is 4.79 Å². The smallest absolute Gasteiger partial charge is 0.326 e. The third kappa shape index (κ3) is 6.11. The second kappa shape index (κ2) is 10.9. The molecule has 1 saturated heterocycles. The fraction of sp³-hybridized carbons (Fsp3) is 0.600. The van der Waals surface area contributed by atoms with Crippen molar-refractivity contribution in [2.24, 2.45) is 5.73 Å². The maximum Gasteiger partial charge on any atom is 0.326 e. The topological polar surface area (TPSA) is 95.7 Å². The van der Waals surface area contributed by atoms with E-state index in [9.17, 15) is 14.7 Å². The number of hydrogen-bond donors (Lipinski definition) is 3. The Morgan fingerprint density at radius 1 is 1.23 bits per heavy atom. The Morgan fingerprint density at radius 3 is 2.69 bits per heavy atom. The van der Waals surface area contributed by atoms with E-state index in [0.717, 1.165) is 38.6 Å². The molecule has 4 N–H and O–H groups in total. The van der Waals surface area contributed by atoms with Gasteiger partial charge in [0.05, 0.1) is 6.04 Å². The molecule has 6 nitrogen and oxygen atoms in total. The van der Waals surface area contributed by atoms with Crippen molar-refractivity contribution in [2.45, 2.75) is 57.0 Å². The van der Waals surface area contributed by atoms with Crippen LogP contribution >= 0.6 is 0 Å². The second-order valence-corrected chi connectivity index (χ2v) is 6.91. The van der Waals surface area contributed by atoms with Gasteiger partial charge in [0.15, 0.2) is 0 Å². The molecule has 0 aromatic heterocycles. The molecule has 6 heteroatoms. The van der Waals surface area contributed by atoms with E-state index in [4.69, 9.17) is 5.73 Å². The number of benzene rings is 1. The quantitative estimate of drug-likeness (QED) is 0.522. The summed E-state index contributed by atoms with van der Waals surface area (Å²) in [5.41, 5.74) is 6.85. The van der Waals surface area contributed by atoms with Crippen molar-refractivity contribution in [1.82, 2.24) is 10.2 Å². The lowest BCUT2D eigenvalue weighted by Crippen LogP contribution is -2.50. The van der Waals surface area contributed by atoms with Gasteiger partial charge in [0.2, 0.25) is 5.91 Å². The molecule has 1 aliphatic rings. The van der Waals surface area contributed by atoms with Gasteiger partial charge in [-0.2, -0.15) is 0 Å².